The van der Waals surface area contributed by atoms with Crippen LogP contribution >= 0.6 is 22.9 Å². The highest BCUT2D eigenvalue weighted by Crippen LogP contribution is 2.39. The number of aryl methyl sites for hydroxylation is 1. The number of fused-ring (bicyclic) bond motifs is 1. The van der Waals surface area contributed by atoms with E-state index in [0.29, 0.717) is 17.6 Å². The quantitative estimate of drug-likeness (QED) is 0.745. The van der Waals surface area contributed by atoms with Gasteiger partial charge in [0.15, 0.2) is 5.13 Å². The summed E-state index contributed by atoms with van der Waals surface area (Å²) in [5, 5.41) is 5.96. The summed E-state index contributed by atoms with van der Waals surface area (Å²) >= 11 is 7.02. The summed E-state index contributed by atoms with van der Waals surface area (Å²) in [6, 6.07) is 5.85. The van der Waals surface area contributed by atoms with Crippen molar-refractivity contribution in [3.63, 3.8) is 0 Å². The average Bonchev–Trinajstić information content (AvgIpc) is 3.33. The number of nitrogens with zero attached hydrogens (tertiary/aromatic N) is 2. The molecule has 2 heterocycles. The fourth-order valence-electron chi connectivity index (χ4n) is 3.35. The molecule has 1 aliphatic carbocycles. The minimum Gasteiger partial charge on any atom is -0.337 e. The zero-order valence-electron chi connectivity index (χ0n) is 15.0. The van der Waals surface area contributed by atoms with Gasteiger partial charge in [0.25, 0.3) is 0 Å². The molecule has 2 aliphatic rings. The van der Waals surface area contributed by atoms with Crippen molar-refractivity contribution in [2.45, 2.75) is 26.2 Å². The van der Waals surface area contributed by atoms with E-state index in [1.165, 1.54) is 16.9 Å². The first-order valence-corrected chi connectivity index (χ1v) is 10.4. The van der Waals surface area contributed by atoms with E-state index < -0.39 is 0 Å². The topological polar surface area (TPSA) is 74.3 Å². The lowest BCUT2D eigenvalue weighted by molar-refractivity contribution is -0.119. The molecule has 27 heavy (non-hydrogen) atoms. The van der Waals surface area contributed by atoms with Crippen LogP contribution < -0.4 is 15.5 Å². The van der Waals surface area contributed by atoms with E-state index >= 15 is 0 Å². The first kappa shape index (κ1) is 18.3. The van der Waals surface area contributed by atoms with Gasteiger partial charge in [0.05, 0.1) is 5.69 Å². The Morgan fingerprint density at radius 1 is 1.37 bits per heavy atom. The maximum absolute atomic E-state index is 12.4. The highest BCUT2D eigenvalue weighted by molar-refractivity contribution is 7.16. The number of carbonyl (C=O) groups is 2. The maximum atomic E-state index is 12.4. The number of hydrogen-bond donors (Lipinski definition) is 2. The van der Waals surface area contributed by atoms with E-state index in [9.17, 15) is 9.59 Å². The normalized spacial score (nSPS) is 15.6. The second-order valence-corrected chi connectivity index (χ2v) is 8.43. The number of hydrogen-bond acceptors (Lipinski definition) is 4. The second-order valence-electron chi connectivity index (χ2n) is 6.85. The van der Waals surface area contributed by atoms with Crippen LogP contribution in [-0.4, -0.2) is 35.9 Å². The van der Waals surface area contributed by atoms with Crippen molar-refractivity contribution in [3.05, 3.63) is 28.6 Å². The number of aromatic nitrogens is 1. The number of anilines is 2. The van der Waals surface area contributed by atoms with Crippen molar-refractivity contribution in [1.82, 2.24) is 10.3 Å². The van der Waals surface area contributed by atoms with Crippen molar-refractivity contribution in [3.8, 4) is 11.3 Å². The molecule has 0 unspecified atom stereocenters. The van der Waals surface area contributed by atoms with Crippen molar-refractivity contribution in [2.75, 3.05) is 29.2 Å². The zero-order valence-corrected chi connectivity index (χ0v) is 16.6. The van der Waals surface area contributed by atoms with Gasteiger partial charge in [-0.15, -0.1) is 22.9 Å². The van der Waals surface area contributed by atoms with Gasteiger partial charge in [-0.1, -0.05) is 6.07 Å². The molecule has 2 N–H and O–H groups in total. The molecule has 1 saturated carbocycles. The molecule has 4 rings (SSSR count). The third kappa shape index (κ3) is 3.80. The van der Waals surface area contributed by atoms with Crippen LogP contribution in [0.25, 0.3) is 11.3 Å². The highest BCUT2D eigenvalue weighted by atomic mass is 35.5. The fourth-order valence-corrected chi connectivity index (χ4v) is 4.27. The van der Waals surface area contributed by atoms with Crippen LogP contribution in [-0.2, 0) is 11.2 Å². The first-order chi connectivity index (χ1) is 13.1. The van der Waals surface area contributed by atoms with Crippen molar-refractivity contribution in [1.29, 1.82) is 0 Å². The number of urea groups is 1. The van der Waals surface area contributed by atoms with Gasteiger partial charge in [0, 0.05) is 41.0 Å². The van der Waals surface area contributed by atoms with E-state index in [2.05, 4.69) is 21.7 Å². The summed E-state index contributed by atoms with van der Waals surface area (Å²) in [4.78, 5) is 31.8. The lowest BCUT2D eigenvalue weighted by atomic mass is 10.1. The molecule has 8 heteroatoms. The Morgan fingerprint density at radius 2 is 2.19 bits per heavy atom. The monoisotopic (exact) mass is 404 g/mol. The third-order valence-corrected chi connectivity index (χ3v) is 5.91. The molecule has 6 nitrogen and oxygen atoms in total. The smallest absolute Gasteiger partial charge is 0.321 e. The minimum absolute atomic E-state index is 0.231. The SMILES string of the molecule is Cc1sc(NC(=O)NCCCl)nc1-c1ccc2c(c1)CCN2C(=O)C1CC1. The second kappa shape index (κ2) is 7.48. The number of benzene rings is 1. The number of nitrogens with one attached hydrogen (secondary N) is 2. The van der Waals surface area contributed by atoms with E-state index in [1.54, 1.807) is 0 Å². The van der Waals surface area contributed by atoms with Crippen molar-refractivity contribution >= 4 is 45.7 Å². The van der Waals surface area contributed by atoms with Gasteiger partial charge in [0.1, 0.15) is 0 Å². The van der Waals surface area contributed by atoms with Crippen LogP contribution in [0.15, 0.2) is 18.2 Å². The Labute approximate surface area is 166 Å². The van der Waals surface area contributed by atoms with E-state index in [4.69, 9.17) is 11.6 Å². The molecular weight excluding hydrogens is 384 g/mol. The molecule has 142 valence electrons. The average molecular weight is 405 g/mol. The Morgan fingerprint density at radius 3 is 2.93 bits per heavy atom. The number of thiazole rings is 1. The number of amides is 3. The predicted octanol–water partition coefficient (Wildman–Crippen LogP) is 3.78. The highest BCUT2D eigenvalue weighted by Gasteiger charge is 2.36. The van der Waals surface area contributed by atoms with Gasteiger partial charge >= 0.3 is 6.03 Å². The van der Waals surface area contributed by atoms with E-state index in [1.807, 2.05) is 24.0 Å². The lowest BCUT2D eigenvalue weighted by Gasteiger charge is -2.17. The Balaban J connectivity index is 1.53. The first-order valence-electron chi connectivity index (χ1n) is 9.09. The minimum atomic E-state index is -0.306. The largest absolute Gasteiger partial charge is 0.337 e. The molecule has 3 amide bonds. The zero-order chi connectivity index (χ0) is 19.0. The number of rotatable bonds is 5. The molecule has 1 fully saturated rings. The summed E-state index contributed by atoms with van der Waals surface area (Å²) in [6.45, 7) is 3.16. The van der Waals surface area contributed by atoms with Gasteiger partial charge in [-0.25, -0.2) is 9.78 Å². The van der Waals surface area contributed by atoms with Gasteiger partial charge in [-0.05, 0) is 43.9 Å². The van der Waals surface area contributed by atoms with Crippen LogP contribution in [0, 0.1) is 12.8 Å². The molecule has 2 aromatic rings. The van der Waals surface area contributed by atoms with Gasteiger partial charge in [-0.2, -0.15) is 0 Å². The Hall–Kier alpha value is -2.12. The molecule has 1 aromatic carbocycles. The third-order valence-electron chi connectivity index (χ3n) is 4.84. The van der Waals surface area contributed by atoms with Gasteiger partial charge in [-0.3, -0.25) is 10.1 Å². The number of carbonyl (C=O) groups excluding carboxylic acids is 2. The van der Waals surface area contributed by atoms with Gasteiger partial charge in [0.2, 0.25) is 5.91 Å². The van der Waals surface area contributed by atoms with Crippen molar-refractivity contribution < 1.29 is 9.59 Å². The molecule has 0 radical (unpaired) electrons. The summed E-state index contributed by atoms with van der Waals surface area (Å²) < 4.78 is 0. The molecular formula is C19H21ClN4O2S. The molecule has 0 bridgehead atoms. The number of halogens is 1. The number of alkyl halides is 1. The van der Waals surface area contributed by atoms with Crippen LogP contribution in [0.3, 0.4) is 0 Å². The summed E-state index contributed by atoms with van der Waals surface area (Å²) in [7, 11) is 0. The van der Waals surface area contributed by atoms with Crippen LogP contribution in [0.4, 0.5) is 15.6 Å². The molecule has 1 aromatic heterocycles. The van der Waals surface area contributed by atoms with Crippen molar-refractivity contribution in [2.24, 2.45) is 5.92 Å². The standard InChI is InChI=1S/C19H21ClN4O2S/c1-11-16(22-19(27-11)23-18(26)21-8-7-20)14-4-5-15-13(10-14)6-9-24(15)17(25)12-2-3-12/h4-5,10,12H,2-3,6-9H2,1H3,(H2,21,22,23,26). The van der Waals surface area contributed by atoms with Crippen LogP contribution in [0.5, 0.6) is 0 Å². The van der Waals surface area contributed by atoms with Crippen LogP contribution in [0.1, 0.15) is 23.3 Å². The summed E-state index contributed by atoms with van der Waals surface area (Å²) in [5.74, 6) is 0.862. The van der Waals surface area contributed by atoms with Gasteiger partial charge < -0.3 is 10.2 Å². The Kier molecular flexibility index (Phi) is 5.06. The predicted molar refractivity (Wildman–Crippen MR) is 109 cm³/mol. The van der Waals surface area contributed by atoms with Crippen LogP contribution in [0.2, 0.25) is 0 Å². The molecule has 0 spiro atoms. The summed E-state index contributed by atoms with van der Waals surface area (Å²) in [6.07, 6.45) is 2.92. The molecule has 1 aliphatic heterocycles. The summed E-state index contributed by atoms with van der Waals surface area (Å²) in [5.41, 5.74) is 4.09. The Bertz CT molecular complexity index is 894. The maximum Gasteiger partial charge on any atom is 0.321 e. The molecule has 0 atom stereocenters. The van der Waals surface area contributed by atoms with E-state index in [-0.39, 0.29) is 17.9 Å². The molecule has 0 saturated heterocycles. The fraction of sp³-hybridized carbons (Fsp3) is 0.421. The van der Waals surface area contributed by atoms with E-state index in [0.717, 1.165) is 47.6 Å². The lowest BCUT2D eigenvalue weighted by Crippen LogP contribution is -2.30.